The minimum Gasteiger partial charge on any atom is -0.393 e. The van der Waals surface area contributed by atoms with Gasteiger partial charge in [-0.3, -0.25) is 9.69 Å². The third-order valence-corrected chi connectivity index (χ3v) is 6.51. The number of nitrogen functional groups attached to an aromatic ring is 1. The summed E-state index contributed by atoms with van der Waals surface area (Å²) >= 11 is 0. The van der Waals surface area contributed by atoms with Gasteiger partial charge in [-0.15, -0.1) is 0 Å². The van der Waals surface area contributed by atoms with Crippen molar-refractivity contribution in [3.63, 3.8) is 0 Å². The first-order chi connectivity index (χ1) is 15.0. The molecule has 0 unspecified atom stereocenters. The van der Waals surface area contributed by atoms with Crippen molar-refractivity contribution in [3.05, 3.63) is 47.7 Å². The molecule has 1 aromatic heterocycles. The second-order valence-electron chi connectivity index (χ2n) is 8.58. The zero-order valence-electron chi connectivity index (χ0n) is 18.1. The van der Waals surface area contributed by atoms with E-state index in [-0.39, 0.29) is 23.9 Å². The maximum atomic E-state index is 12.8. The number of morpholine rings is 1. The van der Waals surface area contributed by atoms with E-state index in [1.807, 2.05) is 6.07 Å². The van der Waals surface area contributed by atoms with E-state index in [4.69, 9.17) is 10.5 Å². The maximum Gasteiger partial charge on any atom is 0.255 e. The standard InChI is InChI=1S/C24H32N4O3/c1-16(28-10-12-31-13-11-28)17-2-4-18(5-3-17)19-14-22(23(25)26-15-19)24(30)27-20-6-8-21(29)9-7-20/h2-5,14-16,20-21,29H,6-13H2,1H3,(H2,25,26)(H,27,30)/t16-,20-,21-/m0/s1. The van der Waals surface area contributed by atoms with Crippen LogP contribution in [0.15, 0.2) is 36.5 Å². The Morgan fingerprint density at radius 3 is 2.52 bits per heavy atom. The van der Waals surface area contributed by atoms with E-state index in [2.05, 4.69) is 46.4 Å². The molecule has 1 aromatic carbocycles. The molecule has 1 amide bonds. The molecule has 166 valence electrons. The van der Waals surface area contributed by atoms with Crippen molar-refractivity contribution >= 4 is 11.7 Å². The van der Waals surface area contributed by atoms with E-state index in [9.17, 15) is 9.90 Å². The number of pyridine rings is 1. The summed E-state index contributed by atoms with van der Waals surface area (Å²) in [6.45, 7) is 5.68. The largest absolute Gasteiger partial charge is 0.393 e. The lowest BCUT2D eigenvalue weighted by Gasteiger charge is -2.32. The van der Waals surface area contributed by atoms with Gasteiger partial charge in [0.2, 0.25) is 0 Å². The molecule has 0 bridgehead atoms. The van der Waals surface area contributed by atoms with E-state index < -0.39 is 0 Å². The number of amides is 1. The normalized spacial score (nSPS) is 23.3. The van der Waals surface area contributed by atoms with Crippen LogP contribution < -0.4 is 11.1 Å². The summed E-state index contributed by atoms with van der Waals surface area (Å²) in [5.41, 5.74) is 9.53. The van der Waals surface area contributed by atoms with Crippen LogP contribution in [0.1, 0.15) is 54.6 Å². The molecule has 31 heavy (non-hydrogen) atoms. The highest BCUT2D eigenvalue weighted by Crippen LogP contribution is 2.27. The molecule has 1 atom stereocenters. The lowest BCUT2D eigenvalue weighted by atomic mass is 9.93. The highest BCUT2D eigenvalue weighted by Gasteiger charge is 2.23. The van der Waals surface area contributed by atoms with Crippen LogP contribution >= 0.6 is 0 Å². The van der Waals surface area contributed by atoms with Crippen molar-refractivity contribution in [1.29, 1.82) is 0 Å². The molecule has 1 saturated heterocycles. The quantitative estimate of drug-likeness (QED) is 0.682. The molecule has 2 heterocycles. The van der Waals surface area contributed by atoms with Crippen molar-refractivity contribution in [2.24, 2.45) is 0 Å². The highest BCUT2D eigenvalue weighted by atomic mass is 16.5. The van der Waals surface area contributed by atoms with E-state index in [0.717, 1.165) is 50.3 Å². The number of aromatic nitrogens is 1. The maximum absolute atomic E-state index is 12.8. The number of hydrogen-bond donors (Lipinski definition) is 3. The van der Waals surface area contributed by atoms with Crippen LogP contribution in [0.2, 0.25) is 0 Å². The Morgan fingerprint density at radius 2 is 1.84 bits per heavy atom. The molecule has 2 fully saturated rings. The average molecular weight is 425 g/mol. The molecule has 2 aromatic rings. The molecule has 7 nitrogen and oxygen atoms in total. The zero-order chi connectivity index (χ0) is 21.8. The van der Waals surface area contributed by atoms with Gasteiger partial charge in [0.15, 0.2) is 0 Å². The number of aliphatic hydroxyl groups excluding tert-OH is 1. The highest BCUT2D eigenvalue weighted by molar-refractivity contribution is 5.99. The number of ether oxygens (including phenoxy) is 1. The molecule has 2 aliphatic rings. The van der Waals surface area contributed by atoms with Gasteiger partial charge in [0.05, 0.1) is 24.9 Å². The molecule has 0 radical (unpaired) electrons. The first-order valence-corrected chi connectivity index (χ1v) is 11.2. The first-order valence-electron chi connectivity index (χ1n) is 11.2. The summed E-state index contributed by atoms with van der Waals surface area (Å²) in [7, 11) is 0. The second-order valence-corrected chi connectivity index (χ2v) is 8.58. The minimum atomic E-state index is -0.253. The number of carbonyl (C=O) groups is 1. The van der Waals surface area contributed by atoms with E-state index in [0.29, 0.717) is 24.4 Å². The number of nitrogens with zero attached hydrogens (tertiary/aromatic N) is 2. The van der Waals surface area contributed by atoms with Gasteiger partial charge >= 0.3 is 0 Å². The van der Waals surface area contributed by atoms with Gasteiger partial charge in [-0.2, -0.15) is 0 Å². The first kappa shape index (κ1) is 21.7. The van der Waals surface area contributed by atoms with Crippen molar-refractivity contribution in [2.45, 2.75) is 50.8 Å². The topological polar surface area (TPSA) is 101 Å². The number of anilines is 1. The van der Waals surface area contributed by atoms with E-state index >= 15 is 0 Å². The molecular weight excluding hydrogens is 392 g/mol. The number of benzene rings is 1. The van der Waals surface area contributed by atoms with Crippen LogP contribution in [0.3, 0.4) is 0 Å². The zero-order valence-corrected chi connectivity index (χ0v) is 18.1. The molecule has 0 spiro atoms. The summed E-state index contributed by atoms with van der Waals surface area (Å²) in [5.74, 6) is 0.0282. The molecule has 1 aliphatic heterocycles. The Kier molecular flexibility index (Phi) is 6.85. The van der Waals surface area contributed by atoms with Crippen LogP contribution in [-0.2, 0) is 4.74 Å². The van der Waals surface area contributed by atoms with Gasteiger partial charge in [-0.25, -0.2) is 4.98 Å². The SMILES string of the molecule is C[C@@H](c1ccc(-c2cnc(N)c(C(=O)N[C@H]3CC[C@H](O)CC3)c2)cc1)N1CCOCC1. The molecule has 1 saturated carbocycles. The fourth-order valence-corrected chi connectivity index (χ4v) is 4.43. The summed E-state index contributed by atoms with van der Waals surface area (Å²) in [4.78, 5) is 19.5. The van der Waals surface area contributed by atoms with Gasteiger partial charge in [0.25, 0.3) is 5.91 Å². The van der Waals surface area contributed by atoms with Gasteiger partial charge in [-0.05, 0) is 49.8 Å². The van der Waals surface area contributed by atoms with E-state index in [1.54, 1.807) is 6.20 Å². The Morgan fingerprint density at radius 1 is 1.16 bits per heavy atom. The van der Waals surface area contributed by atoms with Gasteiger partial charge in [-0.1, -0.05) is 24.3 Å². The predicted molar refractivity (Wildman–Crippen MR) is 121 cm³/mol. The monoisotopic (exact) mass is 424 g/mol. The Hall–Kier alpha value is -2.48. The van der Waals surface area contributed by atoms with Crippen LogP contribution in [-0.4, -0.2) is 59.3 Å². The van der Waals surface area contributed by atoms with Crippen molar-refractivity contribution in [3.8, 4) is 11.1 Å². The van der Waals surface area contributed by atoms with Gasteiger partial charge in [0, 0.05) is 36.9 Å². The van der Waals surface area contributed by atoms with Crippen molar-refractivity contribution in [1.82, 2.24) is 15.2 Å². The number of nitrogens with two attached hydrogens (primary N) is 1. The van der Waals surface area contributed by atoms with Crippen LogP contribution in [0.25, 0.3) is 11.1 Å². The molecule has 4 rings (SSSR count). The van der Waals surface area contributed by atoms with Crippen LogP contribution in [0.4, 0.5) is 5.82 Å². The molecule has 4 N–H and O–H groups in total. The van der Waals surface area contributed by atoms with E-state index in [1.165, 1.54) is 5.56 Å². The summed E-state index contributed by atoms with van der Waals surface area (Å²) < 4.78 is 5.45. The van der Waals surface area contributed by atoms with Crippen molar-refractivity contribution < 1.29 is 14.6 Å². The third-order valence-electron chi connectivity index (χ3n) is 6.51. The molecule has 1 aliphatic carbocycles. The fourth-order valence-electron chi connectivity index (χ4n) is 4.43. The smallest absolute Gasteiger partial charge is 0.255 e. The number of hydrogen-bond acceptors (Lipinski definition) is 6. The second kappa shape index (κ2) is 9.77. The average Bonchev–Trinajstić information content (AvgIpc) is 2.81. The predicted octanol–water partition coefficient (Wildman–Crippen LogP) is 2.76. The van der Waals surface area contributed by atoms with Gasteiger partial charge in [0.1, 0.15) is 5.82 Å². The Bertz CT molecular complexity index is 888. The van der Waals surface area contributed by atoms with Crippen LogP contribution in [0.5, 0.6) is 0 Å². The number of aliphatic hydroxyl groups is 1. The van der Waals surface area contributed by atoms with Crippen LogP contribution in [0, 0.1) is 0 Å². The number of nitrogens with one attached hydrogen (secondary N) is 1. The lowest BCUT2D eigenvalue weighted by Crippen LogP contribution is -2.38. The summed E-state index contributed by atoms with van der Waals surface area (Å²) in [6, 6.07) is 10.6. The summed E-state index contributed by atoms with van der Waals surface area (Å²) in [5, 5.41) is 12.7. The Balaban J connectivity index is 1.46. The molecule has 7 heteroatoms. The number of carbonyl (C=O) groups excluding carboxylic acids is 1. The third kappa shape index (κ3) is 5.23. The fraction of sp³-hybridized carbons (Fsp3) is 0.500. The molecular formula is C24H32N4O3. The Labute approximate surface area is 183 Å². The van der Waals surface area contributed by atoms with Crippen molar-refractivity contribution in [2.75, 3.05) is 32.0 Å². The van der Waals surface area contributed by atoms with Gasteiger partial charge < -0.3 is 20.9 Å². The lowest BCUT2D eigenvalue weighted by molar-refractivity contribution is 0.0198. The minimum absolute atomic E-state index is 0.0694. The summed E-state index contributed by atoms with van der Waals surface area (Å²) in [6.07, 6.45) is 4.45. The number of rotatable bonds is 5.